The monoisotopic (exact) mass is 626 g/mol. The molecule has 0 unspecified atom stereocenters. The lowest BCUT2D eigenvalue weighted by Gasteiger charge is -2.22. The van der Waals surface area contributed by atoms with Crippen LogP contribution < -0.4 is 20.9 Å². The number of ether oxygens (including phenoxy) is 2. The number of amides is 2. The fourth-order valence-electron chi connectivity index (χ4n) is 5.45. The first-order valence-electron chi connectivity index (χ1n) is 16.1. The molecule has 0 atom stereocenters. The van der Waals surface area contributed by atoms with Crippen molar-refractivity contribution in [3.63, 3.8) is 0 Å². The second kappa shape index (κ2) is 15.6. The molecule has 4 rings (SSSR count). The normalized spacial score (nSPS) is 11.3. The second-order valence-electron chi connectivity index (χ2n) is 12.5. The van der Waals surface area contributed by atoms with Crippen LogP contribution >= 0.6 is 0 Å². The first-order valence-corrected chi connectivity index (χ1v) is 16.1. The van der Waals surface area contributed by atoms with Crippen LogP contribution in [-0.4, -0.2) is 34.8 Å². The number of aromatic nitrogens is 2. The summed E-state index contributed by atoms with van der Waals surface area (Å²) >= 11 is 0. The third-order valence-electron chi connectivity index (χ3n) is 7.79. The molecule has 2 amide bonds. The van der Waals surface area contributed by atoms with Crippen molar-refractivity contribution in [1.82, 2.24) is 9.55 Å². The molecule has 2 aromatic carbocycles. The number of benzene rings is 2. The number of anilines is 2. The fourth-order valence-corrected chi connectivity index (χ4v) is 5.45. The molecule has 0 aliphatic rings. The Kier molecular flexibility index (Phi) is 11.6. The van der Waals surface area contributed by atoms with E-state index in [0.29, 0.717) is 48.0 Å². The summed E-state index contributed by atoms with van der Waals surface area (Å²) in [5.74, 6) is 0.983. The number of carbonyl (C=O) groups excluding carboxylic acids is 2. The van der Waals surface area contributed by atoms with Gasteiger partial charge in [0.05, 0.1) is 13.2 Å². The van der Waals surface area contributed by atoms with Crippen LogP contribution in [0.15, 0.2) is 65.6 Å². The van der Waals surface area contributed by atoms with Gasteiger partial charge in [0.2, 0.25) is 0 Å². The Morgan fingerprint density at radius 3 is 2.20 bits per heavy atom. The Labute approximate surface area is 271 Å². The van der Waals surface area contributed by atoms with Crippen molar-refractivity contribution in [1.29, 1.82) is 0 Å². The number of hydrogen-bond donors (Lipinski definition) is 2. The minimum absolute atomic E-state index is 0.168. The van der Waals surface area contributed by atoms with Gasteiger partial charge in [-0.3, -0.25) is 14.2 Å². The lowest BCUT2D eigenvalue weighted by molar-refractivity contribution is -0.141. The largest absolute Gasteiger partial charge is 0.493 e. The van der Waals surface area contributed by atoms with E-state index < -0.39 is 6.03 Å². The van der Waals surface area contributed by atoms with Gasteiger partial charge < -0.3 is 20.1 Å². The summed E-state index contributed by atoms with van der Waals surface area (Å²) in [7, 11) is 0. The first kappa shape index (κ1) is 34.2. The highest BCUT2D eigenvalue weighted by Gasteiger charge is 2.23. The molecule has 244 valence electrons. The lowest BCUT2D eigenvalue weighted by atomic mass is 9.93. The number of nitrogens with zero attached hydrogens (tertiary/aromatic N) is 2. The Morgan fingerprint density at radius 2 is 1.54 bits per heavy atom. The highest BCUT2D eigenvalue weighted by atomic mass is 16.5. The molecule has 0 fully saturated rings. The summed E-state index contributed by atoms with van der Waals surface area (Å²) in [6.45, 7) is 15.0. The summed E-state index contributed by atoms with van der Waals surface area (Å²) in [6, 6.07) is 16.7. The number of pyridine rings is 2. The Bertz CT molecular complexity index is 1720. The Hall–Kier alpha value is -4.66. The van der Waals surface area contributed by atoms with Gasteiger partial charge in [0.25, 0.3) is 5.56 Å². The van der Waals surface area contributed by atoms with Gasteiger partial charge in [-0.25, -0.2) is 9.78 Å². The zero-order valence-electron chi connectivity index (χ0n) is 28.0. The molecule has 46 heavy (non-hydrogen) atoms. The number of urea groups is 1. The zero-order chi connectivity index (χ0) is 33.4. The minimum atomic E-state index is -0.495. The zero-order valence-corrected chi connectivity index (χ0v) is 28.0. The average molecular weight is 627 g/mol. The van der Waals surface area contributed by atoms with Gasteiger partial charge in [0, 0.05) is 42.7 Å². The van der Waals surface area contributed by atoms with Crippen LogP contribution in [0.5, 0.6) is 5.75 Å². The summed E-state index contributed by atoms with van der Waals surface area (Å²) in [6.07, 6.45) is 2.98. The number of hydrogen-bond acceptors (Lipinski definition) is 6. The van der Waals surface area contributed by atoms with Gasteiger partial charge in [-0.15, -0.1) is 0 Å². The molecule has 9 heteroatoms. The molecular formula is C37H46N4O5. The molecule has 0 aliphatic carbocycles. The van der Waals surface area contributed by atoms with E-state index in [1.807, 2.05) is 54.6 Å². The maximum atomic E-state index is 14.3. The van der Waals surface area contributed by atoms with E-state index in [9.17, 15) is 14.4 Å². The smallest absolute Gasteiger partial charge is 0.323 e. The van der Waals surface area contributed by atoms with Crippen LogP contribution in [0.25, 0.3) is 22.2 Å². The number of nitrogens with one attached hydrogen (secondary N) is 2. The number of para-hydroxylation sites is 1. The first-order chi connectivity index (χ1) is 22.0. The van der Waals surface area contributed by atoms with Crippen LogP contribution in [0.3, 0.4) is 0 Å². The Balaban J connectivity index is 1.81. The van der Waals surface area contributed by atoms with E-state index in [-0.39, 0.29) is 35.7 Å². The van der Waals surface area contributed by atoms with E-state index in [1.165, 1.54) is 6.92 Å². The highest BCUT2D eigenvalue weighted by Crippen LogP contribution is 2.36. The quantitative estimate of drug-likeness (QED) is 0.114. The van der Waals surface area contributed by atoms with Crippen molar-refractivity contribution in [2.45, 2.75) is 79.7 Å². The number of aryl methyl sites for hydroxylation is 1. The van der Waals surface area contributed by atoms with E-state index in [2.05, 4.69) is 57.2 Å². The minimum Gasteiger partial charge on any atom is -0.493 e. The summed E-state index contributed by atoms with van der Waals surface area (Å²) in [5, 5.41) is 6.80. The van der Waals surface area contributed by atoms with Crippen LogP contribution in [0.2, 0.25) is 0 Å². The number of esters is 1. The van der Waals surface area contributed by atoms with Crippen LogP contribution in [0.1, 0.15) is 84.3 Å². The summed E-state index contributed by atoms with van der Waals surface area (Å²) in [4.78, 5) is 43.9. The molecule has 9 nitrogen and oxygen atoms in total. The molecule has 0 saturated carbocycles. The standard InChI is InChI=1S/C37H46N4O5/c1-23(2)17-19-41-35-31(16-10-18-38-35)32(27-12-8-13-28(22-27)46-21-11-20-45-26(7)42)34(36(41)43)40-37(44)39-33-29(24(3)4)14-9-15-30(33)25(5)6/h8-10,12-16,18,22-25H,11,17,19-21H2,1-7H3,(H2,39,40,44). The van der Waals surface area contributed by atoms with Crippen molar-refractivity contribution in [3.8, 4) is 16.9 Å². The molecule has 2 N–H and O–H groups in total. The van der Waals surface area contributed by atoms with Gasteiger partial charge in [-0.1, -0.05) is 71.9 Å². The third-order valence-corrected chi connectivity index (χ3v) is 7.79. The van der Waals surface area contributed by atoms with Crippen molar-refractivity contribution >= 4 is 34.4 Å². The number of carbonyl (C=O) groups is 2. The molecule has 2 heterocycles. The SMILES string of the molecule is CC(=O)OCCCOc1cccc(-c2c(NC(=O)Nc3c(C(C)C)cccc3C(C)C)c(=O)n(CCC(C)C)c3ncccc23)c1. The van der Waals surface area contributed by atoms with Crippen molar-refractivity contribution in [3.05, 3.63) is 82.3 Å². The molecule has 2 aromatic heterocycles. The van der Waals surface area contributed by atoms with Crippen LogP contribution in [0, 0.1) is 5.92 Å². The van der Waals surface area contributed by atoms with E-state index in [1.54, 1.807) is 10.8 Å². The molecular weight excluding hydrogens is 580 g/mol. The maximum Gasteiger partial charge on any atom is 0.323 e. The number of fused-ring (bicyclic) bond motifs is 1. The van der Waals surface area contributed by atoms with Gasteiger partial charge >= 0.3 is 12.0 Å². The third kappa shape index (κ3) is 8.33. The van der Waals surface area contributed by atoms with Crippen molar-refractivity contribution in [2.75, 3.05) is 23.8 Å². The maximum absolute atomic E-state index is 14.3. The van der Waals surface area contributed by atoms with Crippen LogP contribution in [0.4, 0.5) is 16.2 Å². The van der Waals surface area contributed by atoms with E-state index in [4.69, 9.17) is 9.47 Å². The van der Waals surface area contributed by atoms with Crippen molar-refractivity contribution < 1.29 is 19.1 Å². The van der Waals surface area contributed by atoms with E-state index in [0.717, 1.165) is 28.6 Å². The van der Waals surface area contributed by atoms with E-state index >= 15 is 0 Å². The van der Waals surface area contributed by atoms with Crippen LogP contribution in [-0.2, 0) is 16.1 Å². The lowest BCUT2D eigenvalue weighted by Crippen LogP contribution is -2.30. The van der Waals surface area contributed by atoms with Gasteiger partial charge in [0.1, 0.15) is 17.1 Å². The molecule has 4 aromatic rings. The summed E-state index contributed by atoms with van der Waals surface area (Å²) < 4.78 is 12.6. The van der Waals surface area contributed by atoms with Gasteiger partial charge in [0.15, 0.2) is 0 Å². The molecule has 0 saturated heterocycles. The molecule has 0 bridgehead atoms. The fraction of sp³-hybridized carbons (Fsp3) is 0.405. The average Bonchev–Trinajstić information content (AvgIpc) is 3.00. The second-order valence-corrected chi connectivity index (χ2v) is 12.5. The predicted octanol–water partition coefficient (Wildman–Crippen LogP) is 8.33. The molecule has 0 radical (unpaired) electrons. The number of rotatable bonds is 13. The van der Waals surface area contributed by atoms with Crippen molar-refractivity contribution in [2.24, 2.45) is 5.92 Å². The van der Waals surface area contributed by atoms with Gasteiger partial charge in [-0.2, -0.15) is 0 Å². The topological polar surface area (TPSA) is 112 Å². The summed E-state index contributed by atoms with van der Waals surface area (Å²) in [5.41, 5.74) is 4.47. The Morgan fingerprint density at radius 1 is 0.870 bits per heavy atom. The predicted molar refractivity (Wildman–Crippen MR) is 185 cm³/mol. The highest BCUT2D eigenvalue weighted by molar-refractivity contribution is 6.07. The molecule has 0 spiro atoms. The molecule has 0 aliphatic heterocycles. The van der Waals surface area contributed by atoms with Gasteiger partial charge in [-0.05, 0) is 65.1 Å².